The molecule has 0 aromatic carbocycles. The molecule has 3 heteroatoms. The van der Waals surface area contributed by atoms with Gasteiger partial charge in [-0.15, -0.1) is 0 Å². The van der Waals surface area contributed by atoms with Crippen LogP contribution in [0.15, 0.2) is 0 Å². The van der Waals surface area contributed by atoms with Crippen LogP contribution in [0.5, 0.6) is 0 Å². The molecule has 0 bridgehead atoms. The van der Waals surface area contributed by atoms with Gasteiger partial charge >= 0.3 is 0 Å². The summed E-state index contributed by atoms with van der Waals surface area (Å²) < 4.78 is 0. The van der Waals surface area contributed by atoms with Crippen molar-refractivity contribution in [2.75, 3.05) is 7.05 Å². The molecule has 3 nitrogen and oxygen atoms in total. The van der Waals surface area contributed by atoms with Gasteiger partial charge in [0.2, 0.25) is 0 Å². The van der Waals surface area contributed by atoms with Crippen molar-refractivity contribution in [3.63, 3.8) is 0 Å². The van der Waals surface area contributed by atoms with Gasteiger partial charge in [0, 0.05) is 12.1 Å². The quantitative estimate of drug-likeness (QED) is 0.733. The maximum Gasteiger partial charge on any atom is 0.0672 e. The van der Waals surface area contributed by atoms with Crippen molar-refractivity contribution in [1.82, 2.24) is 4.90 Å². The molecule has 0 radical (unpaired) electrons. The summed E-state index contributed by atoms with van der Waals surface area (Å²) in [6, 6.07) is 5.21. The van der Waals surface area contributed by atoms with E-state index in [4.69, 9.17) is 10.5 Å². The van der Waals surface area contributed by atoms with Crippen molar-refractivity contribution in [2.24, 2.45) is 11.8 Å². The van der Waals surface area contributed by atoms with E-state index in [1.165, 1.54) is 0 Å². The highest BCUT2D eigenvalue weighted by Gasteiger charge is 2.33. The zero-order chi connectivity index (χ0) is 12.1. The van der Waals surface area contributed by atoms with E-state index >= 15 is 0 Å². The summed E-state index contributed by atoms with van der Waals surface area (Å²) >= 11 is 0. The molecule has 4 atom stereocenters. The number of hydrogen-bond donors (Lipinski definition) is 0. The summed E-state index contributed by atoms with van der Waals surface area (Å²) in [5, 5.41) is 17.9. The van der Waals surface area contributed by atoms with E-state index in [0.29, 0.717) is 18.4 Å². The zero-order valence-corrected chi connectivity index (χ0v) is 10.5. The summed E-state index contributed by atoms with van der Waals surface area (Å²) in [6.45, 7) is 4.32. The van der Waals surface area contributed by atoms with E-state index < -0.39 is 0 Å². The SMILES string of the molecule is CC1CCC(C#N)C(N(C)C(C)CC#N)C1. The van der Waals surface area contributed by atoms with Crippen LogP contribution in [0.25, 0.3) is 0 Å². The predicted molar refractivity (Wildman–Crippen MR) is 63.4 cm³/mol. The fourth-order valence-electron chi connectivity index (χ4n) is 2.55. The lowest BCUT2D eigenvalue weighted by Gasteiger charge is -2.39. The number of hydrogen-bond acceptors (Lipinski definition) is 3. The molecule has 0 N–H and O–H groups in total. The molecule has 1 aliphatic carbocycles. The molecule has 0 heterocycles. The minimum atomic E-state index is 0.141. The number of nitrogens with zero attached hydrogens (tertiary/aromatic N) is 3. The first-order valence-corrected chi connectivity index (χ1v) is 6.08. The maximum absolute atomic E-state index is 9.17. The van der Waals surface area contributed by atoms with Gasteiger partial charge in [-0.2, -0.15) is 10.5 Å². The third kappa shape index (κ3) is 2.97. The molecule has 0 aromatic rings. The van der Waals surface area contributed by atoms with E-state index in [2.05, 4.69) is 37.9 Å². The zero-order valence-electron chi connectivity index (χ0n) is 10.5. The molecule has 0 spiro atoms. The second kappa shape index (κ2) is 5.87. The summed E-state index contributed by atoms with van der Waals surface area (Å²) in [6.07, 6.45) is 3.80. The summed E-state index contributed by atoms with van der Waals surface area (Å²) in [7, 11) is 2.05. The largest absolute Gasteiger partial charge is 0.298 e. The smallest absolute Gasteiger partial charge is 0.0672 e. The average Bonchev–Trinajstić information content (AvgIpc) is 2.28. The van der Waals surface area contributed by atoms with Crippen LogP contribution in [-0.2, 0) is 0 Å². The van der Waals surface area contributed by atoms with E-state index in [1.807, 2.05) is 0 Å². The van der Waals surface area contributed by atoms with Crippen molar-refractivity contribution in [3.8, 4) is 12.1 Å². The second-order valence-corrected chi connectivity index (χ2v) is 5.10. The minimum absolute atomic E-state index is 0.141. The van der Waals surface area contributed by atoms with Crippen LogP contribution in [0.4, 0.5) is 0 Å². The first kappa shape index (κ1) is 13.0. The molecule has 88 valence electrons. The highest BCUT2D eigenvalue weighted by atomic mass is 15.2. The Kier molecular flexibility index (Phi) is 4.77. The molecule has 1 aliphatic rings. The molecular weight excluding hydrogens is 198 g/mol. The lowest BCUT2D eigenvalue weighted by Crippen LogP contribution is -2.45. The van der Waals surface area contributed by atoms with Crippen molar-refractivity contribution >= 4 is 0 Å². The van der Waals surface area contributed by atoms with Crippen molar-refractivity contribution in [2.45, 2.75) is 51.6 Å². The van der Waals surface area contributed by atoms with Crippen LogP contribution in [0.2, 0.25) is 0 Å². The molecule has 1 saturated carbocycles. The van der Waals surface area contributed by atoms with Gasteiger partial charge in [-0.25, -0.2) is 0 Å². The van der Waals surface area contributed by atoms with E-state index in [1.54, 1.807) is 0 Å². The van der Waals surface area contributed by atoms with Gasteiger partial charge in [-0.1, -0.05) is 6.92 Å². The Hall–Kier alpha value is -1.06. The number of rotatable bonds is 3. The highest BCUT2D eigenvalue weighted by molar-refractivity contribution is 4.98. The average molecular weight is 219 g/mol. The van der Waals surface area contributed by atoms with Gasteiger partial charge in [0.25, 0.3) is 0 Å². The van der Waals surface area contributed by atoms with Gasteiger partial charge in [-0.3, -0.25) is 4.90 Å². The fourth-order valence-corrected chi connectivity index (χ4v) is 2.55. The predicted octanol–water partition coefficient (Wildman–Crippen LogP) is 2.55. The topological polar surface area (TPSA) is 50.8 Å². The van der Waals surface area contributed by atoms with Gasteiger partial charge in [0.05, 0.1) is 24.5 Å². The summed E-state index contributed by atoms with van der Waals surface area (Å²) in [5.74, 6) is 0.841. The monoisotopic (exact) mass is 219 g/mol. The lowest BCUT2D eigenvalue weighted by atomic mass is 9.78. The Bertz CT molecular complexity index is 299. The van der Waals surface area contributed by atoms with Crippen LogP contribution in [-0.4, -0.2) is 24.0 Å². The van der Waals surface area contributed by atoms with Crippen molar-refractivity contribution in [3.05, 3.63) is 0 Å². The second-order valence-electron chi connectivity index (χ2n) is 5.10. The molecule has 0 aliphatic heterocycles. The molecular formula is C13H21N3. The molecule has 1 rings (SSSR count). The molecule has 0 aromatic heterocycles. The molecule has 16 heavy (non-hydrogen) atoms. The Balaban J connectivity index is 2.67. The van der Waals surface area contributed by atoms with Gasteiger partial charge < -0.3 is 0 Å². The first-order chi connectivity index (χ1) is 7.60. The fraction of sp³-hybridized carbons (Fsp3) is 0.846. The Morgan fingerprint density at radius 1 is 1.38 bits per heavy atom. The molecule has 0 saturated heterocycles. The van der Waals surface area contributed by atoms with Crippen molar-refractivity contribution < 1.29 is 0 Å². The summed E-state index contributed by atoms with van der Waals surface area (Å²) in [5.41, 5.74) is 0. The number of nitriles is 2. The third-order valence-corrected chi connectivity index (χ3v) is 3.85. The Morgan fingerprint density at radius 3 is 2.62 bits per heavy atom. The highest BCUT2D eigenvalue weighted by Crippen LogP contribution is 2.32. The lowest BCUT2D eigenvalue weighted by molar-refractivity contribution is 0.0992. The molecule has 1 fully saturated rings. The van der Waals surface area contributed by atoms with Crippen LogP contribution in [0.1, 0.15) is 39.5 Å². The first-order valence-electron chi connectivity index (χ1n) is 6.08. The van der Waals surface area contributed by atoms with E-state index in [0.717, 1.165) is 19.3 Å². The van der Waals surface area contributed by atoms with E-state index in [9.17, 15) is 0 Å². The van der Waals surface area contributed by atoms with Gasteiger partial charge in [-0.05, 0) is 39.2 Å². The Labute approximate surface area is 98.7 Å². The van der Waals surface area contributed by atoms with Gasteiger partial charge in [0.1, 0.15) is 0 Å². The maximum atomic E-state index is 9.17. The van der Waals surface area contributed by atoms with Crippen LogP contribution in [0.3, 0.4) is 0 Å². The normalized spacial score (nSPS) is 31.8. The molecule has 0 amide bonds. The van der Waals surface area contributed by atoms with Gasteiger partial charge in [0.15, 0.2) is 0 Å². The van der Waals surface area contributed by atoms with Crippen molar-refractivity contribution in [1.29, 1.82) is 10.5 Å². The third-order valence-electron chi connectivity index (χ3n) is 3.85. The van der Waals surface area contributed by atoms with Crippen LogP contribution in [0, 0.1) is 34.5 Å². The van der Waals surface area contributed by atoms with Crippen LogP contribution < -0.4 is 0 Å². The van der Waals surface area contributed by atoms with Crippen LogP contribution >= 0.6 is 0 Å². The Morgan fingerprint density at radius 2 is 2.06 bits per heavy atom. The molecule has 4 unspecified atom stereocenters. The standard InChI is InChI=1S/C13H21N3/c1-10-4-5-12(9-15)13(8-10)16(3)11(2)6-7-14/h10-13H,4-6,8H2,1-3H3. The minimum Gasteiger partial charge on any atom is -0.298 e. The summed E-state index contributed by atoms with van der Waals surface area (Å²) in [4.78, 5) is 2.23. The van der Waals surface area contributed by atoms with E-state index in [-0.39, 0.29) is 12.0 Å².